The molecule has 0 saturated carbocycles. The highest BCUT2D eigenvalue weighted by Gasteiger charge is 2.12. The third kappa shape index (κ3) is 3.74. The Morgan fingerprint density at radius 1 is 1.10 bits per heavy atom. The molecule has 0 amide bonds. The number of benzene rings is 2. The van der Waals surface area contributed by atoms with Crippen molar-refractivity contribution in [1.82, 2.24) is 0 Å². The zero-order chi connectivity index (χ0) is 14.5. The van der Waals surface area contributed by atoms with Gasteiger partial charge in [0.05, 0.1) is 20.7 Å². The maximum atomic E-state index is 12.8. The number of ketones is 1. The fourth-order valence-electron chi connectivity index (χ4n) is 1.70. The van der Waals surface area contributed by atoms with Crippen LogP contribution >= 0.6 is 11.6 Å². The number of hydrogen-bond donors (Lipinski definition) is 0. The van der Waals surface area contributed by atoms with E-state index in [4.69, 9.17) is 11.6 Å². The van der Waals surface area contributed by atoms with Gasteiger partial charge in [-0.3, -0.25) is 9.00 Å². The van der Waals surface area contributed by atoms with Crippen LogP contribution in [-0.4, -0.2) is 15.7 Å². The highest BCUT2D eigenvalue weighted by atomic mass is 35.5. The Bertz CT molecular complexity index is 641. The summed E-state index contributed by atoms with van der Waals surface area (Å²) in [6, 6.07) is 12.2. The summed E-state index contributed by atoms with van der Waals surface area (Å²) in [5.41, 5.74) is 0.419. The number of hydrogen-bond acceptors (Lipinski definition) is 2. The number of rotatable bonds is 5. The minimum Gasteiger partial charge on any atom is -0.294 e. The SMILES string of the molecule is O=C(CCS(=O)c1ccccc1Cl)c1ccc(F)cc1. The van der Waals surface area contributed by atoms with Crippen LogP contribution in [-0.2, 0) is 10.8 Å². The van der Waals surface area contributed by atoms with E-state index in [0.717, 1.165) is 0 Å². The summed E-state index contributed by atoms with van der Waals surface area (Å²) < 4.78 is 24.8. The van der Waals surface area contributed by atoms with E-state index in [-0.39, 0.29) is 23.8 Å². The molecule has 2 rings (SSSR count). The summed E-state index contributed by atoms with van der Waals surface area (Å²) in [5, 5.41) is 0.431. The number of carbonyl (C=O) groups is 1. The average molecular weight is 311 g/mol. The van der Waals surface area contributed by atoms with Crippen molar-refractivity contribution >= 4 is 28.2 Å². The van der Waals surface area contributed by atoms with Gasteiger partial charge in [-0.05, 0) is 36.4 Å². The first kappa shape index (κ1) is 14.9. The van der Waals surface area contributed by atoms with Crippen LogP contribution in [0.25, 0.3) is 0 Å². The maximum Gasteiger partial charge on any atom is 0.163 e. The third-order valence-electron chi connectivity index (χ3n) is 2.76. The molecule has 2 nitrogen and oxygen atoms in total. The van der Waals surface area contributed by atoms with Crippen molar-refractivity contribution in [3.8, 4) is 0 Å². The molecule has 5 heteroatoms. The normalized spacial score (nSPS) is 12.1. The van der Waals surface area contributed by atoms with Gasteiger partial charge in [0, 0.05) is 17.7 Å². The molecule has 0 heterocycles. The fraction of sp³-hybridized carbons (Fsp3) is 0.133. The van der Waals surface area contributed by atoms with E-state index in [9.17, 15) is 13.4 Å². The monoisotopic (exact) mass is 310 g/mol. The lowest BCUT2D eigenvalue weighted by atomic mass is 10.1. The average Bonchev–Trinajstić information content (AvgIpc) is 2.45. The summed E-state index contributed by atoms with van der Waals surface area (Å²) in [6.07, 6.45) is 0.128. The zero-order valence-electron chi connectivity index (χ0n) is 10.5. The molecule has 0 N–H and O–H groups in total. The summed E-state index contributed by atoms with van der Waals surface area (Å²) in [7, 11) is -1.32. The van der Waals surface area contributed by atoms with E-state index in [0.29, 0.717) is 15.5 Å². The van der Waals surface area contributed by atoms with Crippen molar-refractivity contribution in [3.63, 3.8) is 0 Å². The molecule has 0 aliphatic heterocycles. The molecule has 2 aromatic rings. The maximum absolute atomic E-state index is 12.8. The Labute approximate surface area is 124 Å². The lowest BCUT2D eigenvalue weighted by Gasteiger charge is -2.04. The van der Waals surface area contributed by atoms with Crippen LogP contribution in [0.3, 0.4) is 0 Å². The second-order valence-corrected chi connectivity index (χ2v) is 6.11. The van der Waals surface area contributed by atoms with Gasteiger partial charge >= 0.3 is 0 Å². The van der Waals surface area contributed by atoms with E-state index in [1.165, 1.54) is 24.3 Å². The summed E-state index contributed by atoms with van der Waals surface area (Å²) in [4.78, 5) is 12.4. The molecule has 0 bridgehead atoms. The predicted molar refractivity (Wildman–Crippen MR) is 78.1 cm³/mol. The smallest absolute Gasteiger partial charge is 0.163 e. The molecule has 1 atom stereocenters. The molecule has 0 aliphatic carbocycles. The lowest BCUT2D eigenvalue weighted by Crippen LogP contribution is -2.07. The Kier molecular flexibility index (Phi) is 5.04. The molecule has 2 aromatic carbocycles. The van der Waals surface area contributed by atoms with Gasteiger partial charge in [-0.2, -0.15) is 0 Å². The van der Waals surface area contributed by atoms with Crippen LogP contribution in [0.2, 0.25) is 5.02 Å². The van der Waals surface area contributed by atoms with E-state index in [1.54, 1.807) is 24.3 Å². The van der Waals surface area contributed by atoms with Crippen LogP contribution in [0.5, 0.6) is 0 Å². The topological polar surface area (TPSA) is 34.1 Å². The van der Waals surface area contributed by atoms with Gasteiger partial charge in [0.1, 0.15) is 5.82 Å². The van der Waals surface area contributed by atoms with Crippen LogP contribution in [0.1, 0.15) is 16.8 Å². The van der Waals surface area contributed by atoms with Gasteiger partial charge in [-0.25, -0.2) is 4.39 Å². The van der Waals surface area contributed by atoms with Crippen LogP contribution in [0.15, 0.2) is 53.4 Å². The van der Waals surface area contributed by atoms with Crippen molar-refractivity contribution in [2.75, 3.05) is 5.75 Å². The molecule has 20 heavy (non-hydrogen) atoms. The lowest BCUT2D eigenvalue weighted by molar-refractivity contribution is 0.0989. The summed E-state index contributed by atoms with van der Waals surface area (Å²) in [6.45, 7) is 0. The Morgan fingerprint density at radius 3 is 2.40 bits per heavy atom. The molecule has 0 aromatic heterocycles. The molecule has 1 unspecified atom stereocenters. The number of halogens is 2. The molecular formula is C15H12ClFO2S. The largest absolute Gasteiger partial charge is 0.294 e. The molecule has 0 spiro atoms. The number of Topliss-reactive ketones (excluding diaryl/α,β-unsaturated/α-hetero) is 1. The quantitative estimate of drug-likeness (QED) is 0.786. The highest BCUT2D eigenvalue weighted by Crippen LogP contribution is 2.19. The van der Waals surface area contributed by atoms with Crippen LogP contribution in [0.4, 0.5) is 4.39 Å². The Morgan fingerprint density at radius 2 is 1.75 bits per heavy atom. The van der Waals surface area contributed by atoms with Crippen molar-refractivity contribution in [1.29, 1.82) is 0 Å². The standard InChI is InChI=1S/C15H12ClFO2S/c16-13-3-1-2-4-15(13)20(19)10-9-14(18)11-5-7-12(17)8-6-11/h1-8H,9-10H2. The molecule has 104 valence electrons. The van der Waals surface area contributed by atoms with Gasteiger partial charge in [0.2, 0.25) is 0 Å². The second-order valence-electron chi connectivity index (χ2n) is 4.16. The third-order valence-corrected chi connectivity index (χ3v) is 4.63. The minimum absolute atomic E-state index is 0.128. The summed E-state index contributed by atoms with van der Waals surface area (Å²) >= 11 is 5.95. The van der Waals surface area contributed by atoms with E-state index >= 15 is 0 Å². The van der Waals surface area contributed by atoms with Gasteiger partial charge in [-0.1, -0.05) is 23.7 Å². The predicted octanol–water partition coefficient (Wildman–Crippen LogP) is 3.86. The second kappa shape index (κ2) is 6.77. The van der Waals surface area contributed by atoms with Gasteiger partial charge in [0.25, 0.3) is 0 Å². The van der Waals surface area contributed by atoms with Crippen LogP contribution in [0, 0.1) is 5.82 Å². The minimum atomic E-state index is -1.32. The van der Waals surface area contributed by atoms with E-state index in [2.05, 4.69) is 0 Å². The van der Waals surface area contributed by atoms with Gasteiger partial charge < -0.3 is 0 Å². The van der Waals surface area contributed by atoms with Crippen molar-refractivity contribution in [2.24, 2.45) is 0 Å². The number of carbonyl (C=O) groups excluding carboxylic acids is 1. The molecular weight excluding hydrogens is 299 g/mol. The first-order valence-corrected chi connectivity index (χ1v) is 7.69. The summed E-state index contributed by atoms with van der Waals surface area (Å²) in [5.74, 6) is -0.355. The fourth-order valence-corrected chi connectivity index (χ4v) is 3.21. The van der Waals surface area contributed by atoms with Crippen molar-refractivity contribution in [3.05, 3.63) is 64.9 Å². The molecule has 0 radical (unpaired) electrons. The Hall–Kier alpha value is -1.52. The molecule has 0 aliphatic rings. The van der Waals surface area contributed by atoms with Crippen LogP contribution < -0.4 is 0 Å². The first-order chi connectivity index (χ1) is 9.58. The van der Waals surface area contributed by atoms with E-state index < -0.39 is 10.8 Å². The zero-order valence-corrected chi connectivity index (χ0v) is 12.1. The Balaban J connectivity index is 1.99. The molecule has 0 saturated heterocycles. The van der Waals surface area contributed by atoms with Gasteiger partial charge in [0.15, 0.2) is 5.78 Å². The first-order valence-electron chi connectivity index (χ1n) is 5.99. The van der Waals surface area contributed by atoms with E-state index in [1.807, 2.05) is 0 Å². The highest BCUT2D eigenvalue weighted by molar-refractivity contribution is 7.85. The molecule has 0 fully saturated rings. The van der Waals surface area contributed by atoms with Crippen molar-refractivity contribution in [2.45, 2.75) is 11.3 Å². The van der Waals surface area contributed by atoms with Gasteiger partial charge in [-0.15, -0.1) is 0 Å². The van der Waals surface area contributed by atoms with Crippen molar-refractivity contribution < 1.29 is 13.4 Å².